The maximum absolute atomic E-state index is 6.67. The number of likely N-dealkylation sites (tertiary alicyclic amines) is 1. The second-order valence-corrected chi connectivity index (χ2v) is 9.00. The maximum atomic E-state index is 6.67. The van der Waals surface area contributed by atoms with Gasteiger partial charge >= 0.3 is 0 Å². The molecule has 116 valence electrons. The number of alkyl halides is 2. The minimum Gasteiger partial charge on any atom is -0.306 e. The summed E-state index contributed by atoms with van der Waals surface area (Å²) in [6, 6.07) is 0. The molecule has 3 aliphatic rings. The third-order valence-electron chi connectivity index (χ3n) is 6.28. The molecule has 0 aromatic carbocycles. The lowest BCUT2D eigenvalue weighted by Gasteiger charge is -2.51. The number of fused-ring (bicyclic) bond motifs is 1. The van der Waals surface area contributed by atoms with E-state index in [0.717, 1.165) is 30.1 Å². The summed E-state index contributed by atoms with van der Waals surface area (Å²) in [4.78, 5) is 2.54. The van der Waals surface area contributed by atoms with Crippen molar-refractivity contribution in [2.75, 3.05) is 20.1 Å². The molecule has 3 rings (SSSR count). The van der Waals surface area contributed by atoms with E-state index in [0.29, 0.717) is 16.7 Å². The van der Waals surface area contributed by atoms with Gasteiger partial charge in [-0.25, -0.2) is 0 Å². The topological polar surface area (TPSA) is 3.24 Å². The fourth-order valence-corrected chi connectivity index (χ4v) is 6.11. The molecule has 0 aromatic heterocycles. The molecule has 2 aliphatic carbocycles. The van der Waals surface area contributed by atoms with Crippen molar-refractivity contribution < 1.29 is 0 Å². The predicted octanol–water partition coefficient (Wildman–Crippen LogP) is 4.62. The molecule has 0 spiro atoms. The quantitative estimate of drug-likeness (QED) is 0.638. The highest BCUT2D eigenvalue weighted by Crippen LogP contribution is 2.48. The molecular formula is C17H29Cl2N. The first-order chi connectivity index (χ1) is 9.54. The summed E-state index contributed by atoms with van der Waals surface area (Å²) in [5.41, 5.74) is 0. The summed E-state index contributed by atoms with van der Waals surface area (Å²) in [5, 5.41) is 0.608. The van der Waals surface area contributed by atoms with Crippen molar-refractivity contribution in [1.82, 2.24) is 4.90 Å². The van der Waals surface area contributed by atoms with Crippen molar-refractivity contribution >= 4 is 23.2 Å². The van der Waals surface area contributed by atoms with E-state index >= 15 is 0 Å². The van der Waals surface area contributed by atoms with Crippen molar-refractivity contribution in [2.24, 2.45) is 29.6 Å². The number of nitrogens with zero attached hydrogens (tertiary/aromatic N) is 1. The standard InChI is InChI=1S/C17H29Cl2N/c1-11-3-5-12(6-4-11)15-9-20(2)10-16-14(15)7-13(18)8-17(16)19/h11-17H,3-10H2,1-2H3. The van der Waals surface area contributed by atoms with E-state index in [1.165, 1.54) is 45.2 Å². The molecule has 0 radical (unpaired) electrons. The van der Waals surface area contributed by atoms with Crippen LogP contribution in [0.3, 0.4) is 0 Å². The van der Waals surface area contributed by atoms with E-state index in [4.69, 9.17) is 23.2 Å². The zero-order valence-corrected chi connectivity index (χ0v) is 14.4. The largest absolute Gasteiger partial charge is 0.306 e. The second kappa shape index (κ2) is 6.34. The highest BCUT2D eigenvalue weighted by Gasteiger charge is 2.46. The minimum absolute atomic E-state index is 0.295. The lowest BCUT2D eigenvalue weighted by atomic mass is 9.62. The van der Waals surface area contributed by atoms with Gasteiger partial charge in [0.15, 0.2) is 0 Å². The van der Waals surface area contributed by atoms with Crippen LogP contribution in [0.4, 0.5) is 0 Å². The molecule has 5 unspecified atom stereocenters. The zero-order valence-electron chi connectivity index (χ0n) is 12.9. The summed E-state index contributed by atoms with van der Waals surface area (Å²) < 4.78 is 0. The first-order valence-electron chi connectivity index (χ1n) is 8.51. The smallest absolute Gasteiger partial charge is 0.0393 e. The van der Waals surface area contributed by atoms with E-state index in [9.17, 15) is 0 Å². The molecule has 20 heavy (non-hydrogen) atoms. The Morgan fingerprint density at radius 1 is 0.850 bits per heavy atom. The Balaban J connectivity index is 1.74. The van der Waals surface area contributed by atoms with Crippen LogP contribution >= 0.6 is 23.2 Å². The molecule has 2 saturated carbocycles. The van der Waals surface area contributed by atoms with E-state index in [2.05, 4.69) is 18.9 Å². The average Bonchev–Trinajstić information content (AvgIpc) is 2.40. The van der Waals surface area contributed by atoms with Crippen LogP contribution in [-0.4, -0.2) is 35.8 Å². The molecule has 0 N–H and O–H groups in total. The molecule has 5 atom stereocenters. The van der Waals surface area contributed by atoms with Gasteiger partial charge in [-0.2, -0.15) is 0 Å². The van der Waals surface area contributed by atoms with Gasteiger partial charge in [0.25, 0.3) is 0 Å². The van der Waals surface area contributed by atoms with Crippen LogP contribution in [0.1, 0.15) is 45.4 Å². The summed E-state index contributed by atoms with van der Waals surface area (Å²) in [6.45, 7) is 4.87. The van der Waals surface area contributed by atoms with Crippen molar-refractivity contribution in [3.05, 3.63) is 0 Å². The highest BCUT2D eigenvalue weighted by molar-refractivity contribution is 6.24. The van der Waals surface area contributed by atoms with Crippen molar-refractivity contribution in [2.45, 2.75) is 56.2 Å². The fourth-order valence-electron chi connectivity index (χ4n) is 5.14. The van der Waals surface area contributed by atoms with Crippen LogP contribution < -0.4 is 0 Å². The molecule has 0 aromatic rings. The molecule has 0 amide bonds. The molecule has 3 fully saturated rings. The lowest BCUT2D eigenvalue weighted by molar-refractivity contribution is 0.00702. The van der Waals surface area contributed by atoms with Gasteiger partial charge in [-0.3, -0.25) is 0 Å². The highest BCUT2D eigenvalue weighted by atomic mass is 35.5. The Bertz CT molecular complexity index is 327. The number of rotatable bonds is 1. The van der Waals surface area contributed by atoms with Crippen LogP contribution in [0.5, 0.6) is 0 Å². The summed E-state index contributed by atoms with van der Waals surface area (Å²) >= 11 is 13.2. The van der Waals surface area contributed by atoms with E-state index in [1.807, 2.05) is 0 Å². The van der Waals surface area contributed by atoms with Gasteiger partial charge in [0.2, 0.25) is 0 Å². The summed E-state index contributed by atoms with van der Waals surface area (Å²) in [6.07, 6.45) is 7.94. The first-order valence-corrected chi connectivity index (χ1v) is 9.38. The maximum Gasteiger partial charge on any atom is 0.0393 e. The van der Waals surface area contributed by atoms with Crippen LogP contribution in [0.15, 0.2) is 0 Å². The molecule has 0 bridgehead atoms. The second-order valence-electron chi connectivity index (χ2n) is 7.82. The Labute approximate surface area is 134 Å². The van der Waals surface area contributed by atoms with Crippen LogP contribution in [0.2, 0.25) is 0 Å². The molecule has 1 aliphatic heterocycles. The number of hydrogen-bond donors (Lipinski definition) is 0. The van der Waals surface area contributed by atoms with E-state index in [1.54, 1.807) is 0 Å². The third kappa shape index (κ3) is 3.15. The van der Waals surface area contributed by atoms with Gasteiger partial charge < -0.3 is 4.90 Å². The molecule has 1 nitrogen and oxygen atoms in total. The summed E-state index contributed by atoms with van der Waals surface area (Å²) in [7, 11) is 2.28. The lowest BCUT2D eigenvalue weighted by Crippen LogP contribution is -2.53. The average molecular weight is 318 g/mol. The Morgan fingerprint density at radius 2 is 1.50 bits per heavy atom. The molecule has 3 heteroatoms. The summed E-state index contributed by atoms with van der Waals surface area (Å²) in [5.74, 6) is 4.16. The number of piperidine rings is 1. The van der Waals surface area contributed by atoms with Gasteiger partial charge in [0, 0.05) is 23.8 Å². The Morgan fingerprint density at radius 3 is 2.20 bits per heavy atom. The van der Waals surface area contributed by atoms with Crippen LogP contribution in [0, 0.1) is 29.6 Å². The van der Waals surface area contributed by atoms with Gasteiger partial charge in [0.05, 0.1) is 0 Å². The SMILES string of the molecule is CC1CCC(C2CN(C)CC3C(Cl)CC(Cl)CC32)CC1. The first kappa shape index (κ1) is 15.4. The normalized spacial score (nSPS) is 50.7. The van der Waals surface area contributed by atoms with Gasteiger partial charge in [-0.15, -0.1) is 23.2 Å². The molecular weight excluding hydrogens is 289 g/mol. The van der Waals surface area contributed by atoms with Crippen molar-refractivity contribution in [3.63, 3.8) is 0 Å². The van der Waals surface area contributed by atoms with Gasteiger partial charge in [-0.05, 0) is 62.3 Å². The van der Waals surface area contributed by atoms with Crippen LogP contribution in [-0.2, 0) is 0 Å². The Hall–Kier alpha value is 0.540. The number of halogens is 2. The molecule has 1 saturated heterocycles. The van der Waals surface area contributed by atoms with Crippen molar-refractivity contribution in [1.29, 1.82) is 0 Å². The zero-order chi connectivity index (χ0) is 14.3. The van der Waals surface area contributed by atoms with E-state index in [-0.39, 0.29) is 0 Å². The Kier molecular flexibility index (Phi) is 4.90. The fraction of sp³-hybridized carbons (Fsp3) is 1.00. The predicted molar refractivity (Wildman–Crippen MR) is 87.6 cm³/mol. The molecule has 1 heterocycles. The van der Waals surface area contributed by atoms with Gasteiger partial charge in [0.1, 0.15) is 0 Å². The monoisotopic (exact) mass is 317 g/mol. The third-order valence-corrected chi connectivity index (χ3v) is 7.14. The minimum atomic E-state index is 0.295. The number of hydrogen-bond acceptors (Lipinski definition) is 1. The van der Waals surface area contributed by atoms with Crippen LogP contribution in [0.25, 0.3) is 0 Å². The van der Waals surface area contributed by atoms with E-state index < -0.39 is 0 Å². The van der Waals surface area contributed by atoms with Crippen molar-refractivity contribution in [3.8, 4) is 0 Å². The van der Waals surface area contributed by atoms with Gasteiger partial charge in [-0.1, -0.05) is 19.8 Å².